The van der Waals surface area contributed by atoms with Crippen LogP contribution >= 0.6 is 23.2 Å². The number of amides is 1. The molecule has 0 aliphatic carbocycles. The predicted molar refractivity (Wildman–Crippen MR) is 64.0 cm³/mol. The number of aromatic nitrogens is 1. The summed E-state index contributed by atoms with van der Waals surface area (Å²) in [7, 11) is 0. The molecule has 2 N–H and O–H groups in total. The number of carbonyl (C=O) groups excluding carboxylic acids is 1. The molecule has 0 aromatic carbocycles. The van der Waals surface area contributed by atoms with Crippen LogP contribution in [0.15, 0.2) is 6.07 Å². The molecule has 0 saturated carbocycles. The molecule has 0 atom stereocenters. The number of carbonyl (C=O) groups is 1. The number of hydrogen-bond acceptors (Lipinski definition) is 3. The molecule has 0 unspecified atom stereocenters. The number of nitrogens with one attached hydrogen (secondary N) is 2. The van der Waals surface area contributed by atoms with Crippen LogP contribution < -0.4 is 10.6 Å². The minimum absolute atomic E-state index is 0.0196. The summed E-state index contributed by atoms with van der Waals surface area (Å²) in [6.45, 7) is 3.25. The molecule has 1 aliphatic heterocycles. The Bertz CT molecular complexity index is 409. The lowest BCUT2D eigenvalue weighted by molar-refractivity contribution is -0.121. The zero-order valence-electron chi connectivity index (χ0n) is 8.68. The van der Waals surface area contributed by atoms with Gasteiger partial charge in [0.1, 0.15) is 5.15 Å². The highest BCUT2D eigenvalue weighted by Gasteiger charge is 2.25. The summed E-state index contributed by atoms with van der Waals surface area (Å²) in [5.41, 5.74) is 1.36. The summed E-state index contributed by atoms with van der Waals surface area (Å²) >= 11 is 11.7. The molecule has 16 heavy (non-hydrogen) atoms. The van der Waals surface area contributed by atoms with Gasteiger partial charge in [0.15, 0.2) is 5.15 Å². The monoisotopic (exact) mass is 259 g/mol. The van der Waals surface area contributed by atoms with Gasteiger partial charge in [-0.15, -0.1) is 0 Å². The fourth-order valence-corrected chi connectivity index (χ4v) is 2.02. The van der Waals surface area contributed by atoms with Gasteiger partial charge in [0.2, 0.25) is 5.91 Å². The van der Waals surface area contributed by atoms with Crippen LogP contribution in [0.3, 0.4) is 0 Å². The largest absolute Gasteiger partial charge is 0.323 e. The van der Waals surface area contributed by atoms with Crippen LogP contribution in [-0.4, -0.2) is 24.0 Å². The van der Waals surface area contributed by atoms with Crippen molar-refractivity contribution in [2.75, 3.05) is 18.4 Å². The van der Waals surface area contributed by atoms with E-state index in [1.165, 1.54) is 0 Å². The van der Waals surface area contributed by atoms with Crippen molar-refractivity contribution in [2.45, 2.75) is 6.92 Å². The molecule has 1 amide bonds. The average Bonchev–Trinajstić information content (AvgIpc) is 2.08. The Morgan fingerprint density at radius 3 is 2.75 bits per heavy atom. The van der Waals surface area contributed by atoms with Crippen LogP contribution in [0.4, 0.5) is 5.69 Å². The van der Waals surface area contributed by atoms with Gasteiger partial charge in [0, 0.05) is 13.1 Å². The first-order valence-electron chi connectivity index (χ1n) is 4.92. The Labute approximate surface area is 103 Å². The van der Waals surface area contributed by atoms with Crippen LogP contribution in [0.2, 0.25) is 10.3 Å². The molecule has 1 aromatic rings. The highest BCUT2D eigenvalue weighted by molar-refractivity contribution is 6.34. The van der Waals surface area contributed by atoms with E-state index in [-0.39, 0.29) is 17.0 Å². The second-order valence-corrected chi connectivity index (χ2v) is 4.52. The quantitative estimate of drug-likeness (QED) is 0.798. The first kappa shape index (κ1) is 11.6. The van der Waals surface area contributed by atoms with Gasteiger partial charge in [0.05, 0.1) is 11.6 Å². The van der Waals surface area contributed by atoms with E-state index in [0.29, 0.717) is 23.9 Å². The SMILES string of the molecule is Cc1cc(Cl)nc(Cl)c1NC(=O)C1CNC1. The van der Waals surface area contributed by atoms with Gasteiger partial charge in [-0.2, -0.15) is 0 Å². The van der Waals surface area contributed by atoms with E-state index in [2.05, 4.69) is 15.6 Å². The molecular weight excluding hydrogens is 249 g/mol. The molecule has 1 aliphatic rings. The summed E-state index contributed by atoms with van der Waals surface area (Å²) in [5, 5.41) is 6.36. The maximum Gasteiger partial charge on any atom is 0.230 e. The number of rotatable bonds is 2. The van der Waals surface area contributed by atoms with Gasteiger partial charge in [0.25, 0.3) is 0 Å². The fourth-order valence-electron chi connectivity index (χ4n) is 1.44. The van der Waals surface area contributed by atoms with Crippen molar-refractivity contribution in [3.05, 3.63) is 21.9 Å². The van der Waals surface area contributed by atoms with E-state index in [0.717, 1.165) is 5.56 Å². The number of pyridine rings is 1. The minimum Gasteiger partial charge on any atom is -0.323 e. The van der Waals surface area contributed by atoms with Crippen molar-refractivity contribution in [3.8, 4) is 0 Å². The topological polar surface area (TPSA) is 54.0 Å². The predicted octanol–water partition coefficient (Wildman–Crippen LogP) is 1.85. The molecule has 4 nitrogen and oxygen atoms in total. The molecular formula is C10H11Cl2N3O. The zero-order valence-corrected chi connectivity index (χ0v) is 10.2. The minimum atomic E-state index is -0.0344. The van der Waals surface area contributed by atoms with Crippen LogP contribution in [0.5, 0.6) is 0 Å². The number of nitrogens with zero attached hydrogens (tertiary/aromatic N) is 1. The molecule has 1 saturated heterocycles. The van der Waals surface area contributed by atoms with Gasteiger partial charge >= 0.3 is 0 Å². The third kappa shape index (κ3) is 2.29. The third-order valence-electron chi connectivity index (χ3n) is 2.54. The molecule has 0 bridgehead atoms. The van der Waals surface area contributed by atoms with Crippen molar-refractivity contribution in [1.82, 2.24) is 10.3 Å². The molecule has 2 heterocycles. The molecule has 6 heteroatoms. The highest BCUT2D eigenvalue weighted by atomic mass is 35.5. The van der Waals surface area contributed by atoms with Gasteiger partial charge in [-0.3, -0.25) is 4.79 Å². The van der Waals surface area contributed by atoms with Crippen molar-refractivity contribution >= 4 is 34.8 Å². The second-order valence-electron chi connectivity index (χ2n) is 3.77. The van der Waals surface area contributed by atoms with E-state index < -0.39 is 0 Å². The third-order valence-corrected chi connectivity index (χ3v) is 3.01. The van der Waals surface area contributed by atoms with Gasteiger partial charge in [-0.05, 0) is 18.6 Å². The lowest BCUT2D eigenvalue weighted by Gasteiger charge is -2.26. The van der Waals surface area contributed by atoms with E-state index in [9.17, 15) is 4.79 Å². The van der Waals surface area contributed by atoms with Gasteiger partial charge in [-0.1, -0.05) is 23.2 Å². The molecule has 0 radical (unpaired) electrons. The van der Waals surface area contributed by atoms with Gasteiger partial charge in [-0.25, -0.2) is 4.98 Å². The smallest absolute Gasteiger partial charge is 0.230 e. The summed E-state index contributed by atoms with van der Waals surface area (Å²) in [6.07, 6.45) is 0. The van der Waals surface area contributed by atoms with Crippen molar-refractivity contribution in [1.29, 1.82) is 0 Å². The standard InChI is InChI=1S/C10H11Cl2N3O/c1-5-2-7(11)14-9(12)8(5)15-10(16)6-3-13-4-6/h2,6,13H,3-4H2,1H3,(H,15,16). The first-order chi connectivity index (χ1) is 7.58. The average molecular weight is 260 g/mol. The van der Waals surface area contributed by atoms with E-state index >= 15 is 0 Å². The van der Waals surface area contributed by atoms with Crippen molar-refractivity contribution in [2.24, 2.45) is 5.92 Å². The van der Waals surface area contributed by atoms with Crippen LogP contribution in [0.25, 0.3) is 0 Å². The Hall–Kier alpha value is -0.840. The number of hydrogen-bond donors (Lipinski definition) is 2. The summed E-state index contributed by atoms with van der Waals surface area (Å²) < 4.78 is 0. The van der Waals surface area contributed by atoms with E-state index in [4.69, 9.17) is 23.2 Å². The van der Waals surface area contributed by atoms with E-state index in [1.54, 1.807) is 6.07 Å². The number of anilines is 1. The van der Waals surface area contributed by atoms with Crippen LogP contribution in [-0.2, 0) is 4.79 Å². The number of halogens is 2. The Kier molecular flexibility index (Phi) is 3.33. The summed E-state index contributed by atoms with van der Waals surface area (Å²) in [6, 6.07) is 1.67. The summed E-state index contributed by atoms with van der Waals surface area (Å²) in [5.74, 6) is -0.0148. The maximum absolute atomic E-state index is 11.7. The van der Waals surface area contributed by atoms with Crippen molar-refractivity contribution in [3.63, 3.8) is 0 Å². The summed E-state index contributed by atoms with van der Waals surface area (Å²) in [4.78, 5) is 15.6. The Morgan fingerprint density at radius 2 is 2.25 bits per heavy atom. The normalized spacial score (nSPS) is 15.7. The second kappa shape index (κ2) is 4.57. The highest BCUT2D eigenvalue weighted by Crippen LogP contribution is 2.27. The van der Waals surface area contributed by atoms with Gasteiger partial charge < -0.3 is 10.6 Å². The Morgan fingerprint density at radius 1 is 1.56 bits per heavy atom. The Balaban J connectivity index is 2.17. The molecule has 86 valence electrons. The van der Waals surface area contributed by atoms with Crippen LogP contribution in [0, 0.1) is 12.8 Å². The molecule has 1 fully saturated rings. The van der Waals surface area contributed by atoms with Crippen molar-refractivity contribution < 1.29 is 4.79 Å². The zero-order chi connectivity index (χ0) is 11.7. The fraction of sp³-hybridized carbons (Fsp3) is 0.400. The maximum atomic E-state index is 11.7. The molecule has 0 spiro atoms. The van der Waals surface area contributed by atoms with E-state index in [1.807, 2.05) is 6.92 Å². The van der Waals surface area contributed by atoms with Crippen LogP contribution in [0.1, 0.15) is 5.56 Å². The molecule has 1 aromatic heterocycles. The number of aryl methyl sites for hydroxylation is 1. The molecule has 2 rings (SSSR count). The lowest BCUT2D eigenvalue weighted by Crippen LogP contribution is -2.48. The lowest BCUT2D eigenvalue weighted by atomic mass is 10.0. The first-order valence-corrected chi connectivity index (χ1v) is 5.67.